The number of aliphatic hydroxyl groups excluding tert-OH is 2. The number of hydrogen-bond donors (Lipinski definition) is 14. The van der Waals surface area contributed by atoms with E-state index < -0.39 is 96.4 Å². The molecule has 8 atom stereocenters. The molecular weight excluding hydrogens is 714 g/mol. The Kier molecular flexibility index (Phi) is 22.4. The lowest BCUT2D eigenvalue weighted by Crippen LogP contribution is -2.60. The number of amides is 6. The number of guanidine groups is 2. The Morgan fingerprint density at radius 1 is 0.593 bits per heavy atom. The summed E-state index contributed by atoms with van der Waals surface area (Å²) in [5.74, 6) is -7.17. The number of aliphatic hydroxyl groups is 2. The SMILES string of the molecule is CC(C)C[C@H](NC(=O)[C@@H](NC(=O)CNC(=O)[C@H](CCCN=C(N)N)NC(=O)[C@H](C)N)[C@@H](C)O)C(=O)N[C@@H](CCCN=C(N)N)C(=O)N[C@H](C(=O)O)[C@@H](C)O. The van der Waals surface area contributed by atoms with Crippen LogP contribution >= 0.6 is 0 Å². The minimum Gasteiger partial charge on any atom is -0.480 e. The second kappa shape index (κ2) is 24.9. The van der Waals surface area contributed by atoms with Crippen molar-refractivity contribution in [3.63, 3.8) is 0 Å². The van der Waals surface area contributed by atoms with Crippen LogP contribution in [0, 0.1) is 5.92 Å². The van der Waals surface area contributed by atoms with Gasteiger partial charge in [-0.2, -0.15) is 0 Å². The Balaban J connectivity index is 5.89. The predicted octanol–water partition coefficient (Wildman–Crippen LogP) is -6.13. The molecule has 19 N–H and O–H groups in total. The molecule has 0 saturated heterocycles. The highest BCUT2D eigenvalue weighted by molar-refractivity contribution is 5.96. The lowest BCUT2D eigenvalue weighted by atomic mass is 10.0. The van der Waals surface area contributed by atoms with Crippen molar-refractivity contribution in [2.75, 3.05) is 19.6 Å². The van der Waals surface area contributed by atoms with Gasteiger partial charge in [0, 0.05) is 13.1 Å². The monoisotopic (exact) mass is 773 g/mol. The highest BCUT2D eigenvalue weighted by Crippen LogP contribution is 2.09. The molecule has 0 aromatic heterocycles. The van der Waals surface area contributed by atoms with Crippen molar-refractivity contribution in [2.24, 2.45) is 44.6 Å². The fourth-order valence-electron chi connectivity index (χ4n) is 4.65. The first-order valence-electron chi connectivity index (χ1n) is 17.3. The number of carbonyl (C=O) groups excluding carboxylic acids is 6. The predicted molar refractivity (Wildman–Crippen MR) is 197 cm³/mol. The summed E-state index contributed by atoms with van der Waals surface area (Å²) in [6, 6.07) is -8.04. The second-order valence-electron chi connectivity index (χ2n) is 13.1. The topological polar surface area (TPSA) is 407 Å². The van der Waals surface area contributed by atoms with E-state index in [2.05, 4.69) is 41.9 Å². The maximum atomic E-state index is 13.5. The van der Waals surface area contributed by atoms with Gasteiger partial charge in [-0.1, -0.05) is 13.8 Å². The first-order chi connectivity index (χ1) is 25.1. The number of carboxylic acids is 1. The molecular formula is C31H59N13O10. The minimum atomic E-state index is -1.70. The van der Waals surface area contributed by atoms with Gasteiger partial charge in [0.1, 0.15) is 24.2 Å². The number of hydrogen-bond acceptors (Lipinski definition) is 12. The maximum Gasteiger partial charge on any atom is 0.328 e. The van der Waals surface area contributed by atoms with E-state index in [4.69, 9.17) is 28.7 Å². The molecule has 0 radical (unpaired) electrons. The quantitative estimate of drug-likeness (QED) is 0.0233. The highest BCUT2D eigenvalue weighted by Gasteiger charge is 2.34. The standard InChI is InChI=1S/C31H59N13O10/c1-14(2)12-20(27(51)41-19(9-7-11-38-31(35)36)26(50)44-23(17(5)46)29(53)54)42-28(52)22(16(4)45)43-21(47)13-39-25(49)18(40-24(48)15(3)32)8-6-10-37-30(33)34/h14-20,22-23,45-46H,6-13,32H2,1-5H3,(H,39,49)(H,40,48)(H,41,51)(H,42,52)(H,43,47)(H,44,50)(H,53,54)(H4,33,34,37)(H4,35,36,38)/t15-,16+,17+,18-,19-,20-,22-,23-/m0/s1. The van der Waals surface area contributed by atoms with Gasteiger partial charge in [-0.05, 0) is 58.8 Å². The van der Waals surface area contributed by atoms with E-state index >= 15 is 0 Å². The van der Waals surface area contributed by atoms with Gasteiger partial charge >= 0.3 is 5.97 Å². The van der Waals surface area contributed by atoms with Gasteiger partial charge in [-0.25, -0.2) is 4.79 Å². The summed E-state index contributed by atoms with van der Waals surface area (Å²) in [5.41, 5.74) is 26.9. The lowest BCUT2D eigenvalue weighted by Gasteiger charge is -2.28. The number of nitrogens with zero attached hydrogens (tertiary/aromatic N) is 2. The number of nitrogens with one attached hydrogen (secondary N) is 6. The van der Waals surface area contributed by atoms with Crippen molar-refractivity contribution < 1.29 is 48.9 Å². The molecule has 0 fully saturated rings. The fourth-order valence-corrected chi connectivity index (χ4v) is 4.65. The molecule has 23 heteroatoms. The van der Waals surface area contributed by atoms with E-state index in [1.54, 1.807) is 13.8 Å². The Hall–Kier alpha value is -5.29. The Morgan fingerprint density at radius 3 is 1.46 bits per heavy atom. The maximum absolute atomic E-state index is 13.5. The Labute approximate surface area is 313 Å². The molecule has 54 heavy (non-hydrogen) atoms. The van der Waals surface area contributed by atoms with Gasteiger partial charge in [0.15, 0.2) is 18.0 Å². The van der Waals surface area contributed by atoms with Crippen LogP contribution in [0.1, 0.15) is 66.7 Å². The van der Waals surface area contributed by atoms with Crippen LogP contribution in [-0.4, -0.2) is 137 Å². The van der Waals surface area contributed by atoms with Gasteiger partial charge in [-0.15, -0.1) is 0 Å². The molecule has 0 aliphatic carbocycles. The van der Waals surface area contributed by atoms with Gasteiger partial charge in [-0.3, -0.25) is 38.8 Å². The van der Waals surface area contributed by atoms with Gasteiger partial charge < -0.3 is 75.9 Å². The molecule has 0 aliphatic rings. The van der Waals surface area contributed by atoms with E-state index in [1.165, 1.54) is 13.8 Å². The molecule has 0 unspecified atom stereocenters. The van der Waals surface area contributed by atoms with Crippen LogP contribution in [-0.2, 0) is 33.6 Å². The zero-order valence-electron chi connectivity index (χ0n) is 31.3. The molecule has 0 spiro atoms. The molecule has 0 heterocycles. The van der Waals surface area contributed by atoms with Crippen LogP contribution < -0.4 is 60.6 Å². The third-order valence-electron chi connectivity index (χ3n) is 7.46. The second-order valence-corrected chi connectivity index (χ2v) is 13.1. The largest absolute Gasteiger partial charge is 0.480 e. The minimum absolute atomic E-state index is 0.0274. The van der Waals surface area contributed by atoms with E-state index in [9.17, 15) is 48.9 Å². The summed E-state index contributed by atoms with van der Waals surface area (Å²) in [6.45, 7) is 6.80. The summed E-state index contributed by atoms with van der Waals surface area (Å²) in [5, 5.41) is 43.9. The van der Waals surface area contributed by atoms with Gasteiger partial charge in [0.05, 0.1) is 24.8 Å². The van der Waals surface area contributed by atoms with E-state index in [1.807, 2.05) is 0 Å². The number of carboxylic acid groups (broad SMARTS) is 1. The normalized spacial score (nSPS) is 15.4. The van der Waals surface area contributed by atoms with E-state index in [-0.39, 0.29) is 63.0 Å². The summed E-state index contributed by atoms with van der Waals surface area (Å²) < 4.78 is 0. The average Bonchev–Trinajstić information content (AvgIpc) is 3.05. The summed E-state index contributed by atoms with van der Waals surface area (Å²) >= 11 is 0. The smallest absolute Gasteiger partial charge is 0.328 e. The molecule has 23 nitrogen and oxygen atoms in total. The van der Waals surface area contributed by atoms with Crippen molar-refractivity contribution in [3.8, 4) is 0 Å². The first kappa shape index (κ1) is 48.7. The van der Waals surface area contributed by atoms with Crippen molar-refractivity contribution in [1.82, 2.24) is 31.9 Å². The number of rotatable bonds is 25. The molecule has 0 aromatic carbocycles. The number of aliphatic imine (C=N–C) groups is 2. The van der Waals surface area contributed by atoms with Crippen molar-refractivity contribution >= 4 is 53.3 Å². The third-order valence-corrected chi connectivity index (χ3v) is 7.46. The molecule has 0 rings (SSSR count). The zero-order valence-corrected chi connectivity index (χ0v) is 31.3. The van der Waals surface area contributed by atoms with Crippen molar-refractivity contribution in [3.05, 3.63) is 0 Å². The lowest BCUT2D eigenvalue weighted by molar-refractivity contribution is -0.145. The number of nitrogens with two attached hydrogens (primary N) is 5. The summed E-state index contributed by atoms with van der Waals surface area (Å²) in [7, 11) is 0. The van der Waals surface area contributed by atoms with Crippen LogP contribution in [0.5, 0.6) is 0 Å². The van der Waals surface area contributed by atoms with Gasteiger partial charge in [0.2, 0.25) is 35.4 Å². The molecule has 6 amide bonds. The van der Waals surface area contributed by atoms with Crippen LogP contribution in [0.15, 0.2) is 9.98 Å². The van der Waals surface area contributed by atoms with Crippen LogP contribution in [0.25, 0.3) is 0 Å². The summed E-state index contributed by atoms with van der Waals surface area (Å²) in [4.78, 5) is 97.1. The van der Waals surface area contributed by atoms with E-state index in [0.717, 1.165) is 6.92 Å². The molecule has 0 saturated carbocycles. The van der Waals surface area contributed by atoms with Gasteiger partial charge in [0.25, 0.3) is 0 Å². The molecule has 308 valence electrons. The zero-order chi connectivity index (χ0) is 41.7. The fraction of sp³-hybridized carbons (Fsp3) is 0.710. The van der Waals surface area contributed by atoms with Crippen LogP contribution in [0.2, 0.25) is 0 Å². The first-order valence-corrected chi connectivity index (χ1v) is 17.3. The highest BCUT2D eigenvalue weighted by atomic mass is 16.4. The Morgan fingerprint density at radius 2 is 1.04 bits per heavy atom. The van der Waals surface area contributed by atoms with Crippen LogP contribution in [0.3, 0.4) is 0 Å². The van der Waals surface area contributed by atoms with Crippen molar-refractivity contribution in [2.45, 2.75) is 115 Å². The molecule has 0 aromatic rings. The number of aliphatic carboxylic acids is 1. The number of carbonyl (C=O) groups is 7. The average molecular weight is 774 g/mol. The third kappa shape index (κ3) is 20.1. The van der Waals surface area contributed by atoms with E-state index in [0.29, 0.717) is 0 Å². The van der Waals surface area contributed by atoms with Crippen molar-refractivity contribution in [1.29, 1.82) is 0 Å². The summed E-state index contributed by atoms with van der Waals surface area (Å²) in [6.07, 6.45) is -2.50. The van der Waals surface area contributed by atoms with Crippen LogP contribution in [0.4, 0.5) is 0 Å². The molecule has 0 bridgehead atoms. The molecule has 0 aliphatic heterocycles. The Bertz CT molecular complexity index is 1330.